The fourth-order valence-electron chi connectivity index (χ4n) is 2.06. The van der Waals surface area contributed by atoms with Gasteiger partial charge in [0.2, 0.25) is 0 Å². The molecule has 20 heavy (non-hydrogen) atoms. The number of hydrogen-bond donors (Lipinski definition) is 1. The van der Waals surface area contributed by atoms with Crippen LogP contribution in [0.25, 0.3) is 10.9 Å². The second-order valence-electron chi connectivity index (χ2n) is 4.56. The average Bonchev–Trinajstić information content (AvgIpc) is 2.78. The average molecular weight is 267 g/mol. The van der Waals surface area contributed by atoms with Crippen LogP contribution in [0.2, 0.25) is 0 Å². The number of aryl methyl sites for hydroxylation is 2. The van der Waals surface area contributed by atoms with Gasteiger partial charge >= 0.3 is 0 Å². The Balaban J connectivity index is 1.93. The number of hydrogen-bond acceptors (Lipinski definition) is 4. The molecule has 1 aromatic carbocycles. The molecule has 3 aromatic rings. The zero-order valence-electron chi connectivity index (χ0n) is 11.2. The Morgan fingerprint density at radius 2 is 2.10 bits per heavy atom. The molecular formula is C15H13N3O2. The van der Waals surface area contributed by atoms with Gasteiger partial charge in [-0.25, -0.2) is 0 Å². The fraction of sp³-hybridized carbons (Fsp3) is 0.133. The van der Waals surface area contributed by atoms with Gasteiger partial charge in [0.25, 0.3) is 5.91 Å². The molecule has 1 amide bonds. The minimum atomic E-state index is -0.190. The first kappa shape index (κ1) is 12.3. The lowest BCUT2D eigenvalue weighted by Crippen LogP contribution is -2.12. The predicted octanol–water partition coefficient (Wildman–Crippen LogP) is 3.09. The van der Waals surface area contributed by atoms with Gasteiger partial charge < -0.3 is 9.84 Å². The van der Waals surface area contributed by atoms with Crippen molar-refractivity contribution in [3.63, 3.8) is 0 Å². The maximum Gasteiger partial charge on any atom is 0.255 e. The number of aromatic nitrogens is 2. The highest BCUT2D eigenvalue weighted by Gasteiger charge is 2.14. The lowest BCUT2D eigenvalue weighted by Gasteiger charge is -2.05. The molecule has 0 saturated heterocycles. The Morgan fingerprint density at radius 1 is 1.25 bits per heavy atom. The molecule has 0 fully saturated rings. The summed E-state index contributed by atoms with van der Waals surface area (Å²) in [6.45, 7) is 3.55. The van der Waals surface area contributed by atoms with E-state index in [9.17, 15) is 4.79 Å². The fourth-order valence-corrected chi connectivity index (χ4v) is 2.06. The molecule has 100 valence electrons. The maximum absolute atomic E-state index is 12.3. The molecule has 2 aromatic heterocycles. The van der Waals surface area contributed by atoms with Crippen molar-refractivity contribution in [1.82, 2.24) is 10.1 Å². The normalized spacial score (nSPS) is 10.7. The number of benzene rings is 1. The van der Waals surface area contributed by atoms with Gasteiger partial charge in [-0.2, -0.15) is 0 Å². The molecule has 0 spiro atoms. The van der Waals surface area contributed by atoms with Gasteiger partial charge in [-0.05, 0) is 38.1 Å². The van der Waals surface area contributed by atoms with E-state index in [0.29, 0.717) is 22.7 Å². The molecule has 5 nitrogen and oxygen atoms in total. The zero-order chi connectivity index (χ0) is 14.1. The van der Waals surface area contributed by atoms with Crippen LogP contribution in [0.3, 0.4) is 0 Å². The molecule has 0 atom stereocenters. The molecule has 0 aliphatic carbocycles. The van der Waals surface area contributed by atoms with Crippen LogP contribution < -0.4 is 5.32 Å². The van der Waals surface area contributed by atoms with Gasteiger partial charge in [-0.3, -0.25) is 9.78 Å². The third kappa shape index (κ3) is 2.14. The van der Waals surface area contributed by atoms with Crippen molar-refractivity contribution >= 4 is 22.5 Å². The van der Waals surface area contributed by atoms with Crippen LogP contribution in [0, 0.1) is 13.8 Å². The largest absolute Gasteiger partial charge is 0.359 e. The Bertz CT molecular complexity index is 773. The number of fused-ring (bicyclic) bond motifs is 1. The number of rotatable bonds is 2. The molecule has 0 saturated carbocycles. The van der Waals surface area contributed by atoms with Crippen molar-refractivity contribution in [2.75, 3.05) is 5.32 Å². The van der Waals surface area contributed by atoms with Crippen LogP contribution in [-0.4, -0.2) is 16.0 Å². The van der Waals surface area contributed by atoms with Crippen molar-refractivity contribution in [2.45, 2.75) is 13.8 Å². The highest BCUT2D eigenvalue weighted by atomic mass is 16.5. The van der Waals surface area contributed by atoms with Crippen LogP contribution in [0.15, 0.2) is 41.1 Å². The van der Waals surface area contributed by atoms with Gasteiger partial charge in [-0.15, -0.1) is 0 Å². The van der Waals surface area contributed by atoms with Crippen LogP contribution in [0.4, 0.5) is 5.69 Å². The summed E-state index contributed by atoms with van der Waals surface area (Å²) in [4.78, 5) is 16.5. The van der Waals surface area contributed by atoms with E-state index < -0.39 is 0 Å². The lowest BCUT2D eigenvalue weighted by atomic mass is 10.1. The van der Waals surface area contributed by atoms with E-state index in [-0.39, 0.29) is 5.91 Å². The second-order valence-corrected chi connectivity index (χ2v) is 4.56. The van der Waals surface area contributed by atoms with Gasteiger partial charge in [0, 0.05) is 17.1 Å². The molecule has 0 aliphatic heterocycles. The molecule has 0 aliphatic rings. The van der Waals surface area contributed by atoms with Crippen LogP contribution >= 0.6 is 0 Å². The summed E-state index contributed by atoms with van der Waals surface area (Å²) < 4.78 is 5.03. The smallest absolute Gasteiger partial charge is 0.255 e. The Morgan fingerprint density at radius 3 is 2.85 bits per heavy atom. The summed E-state index contributed by atoms with van der Waals surface area (Å²) in [6, 6.07) is 9.17. The Hall–Kier alpha value is -2.69. The molecular weight excluding hydrogens is 254 g/mol. The summed E-state index contributed by atoms with van der Waals surface area (Å²) >= 11 is 0. The van der Waals surface area contributed by atoms with Gasteiger partial charge in [0.15, 0.2) is 5.76 Å². The van der Waals surface area contributed by atoms with Gasteiger partial charge in [0.05, 0.1) is 5.52 Å². The quantitative estimate of drug-likeness (QED) is 0.774. The van der Waals surface area contributed by atoms with Crippen molar-refractivity contribution in [1.29, 1.82) is 0 Å². The summed E-state index contributed by atoms with van der Waals surface area (Å²) in [5.74, 6) is 0.406. The number of amides is 1. The molecule has 3 rings (SSSR count). The highest BCUT2D eigenvalue weighted by Crippen LogP contribution is 2.20. The number of anilines is 1. The third-order valence-electron chi connectivity index (χ3n) is 3.14. The summed E-state index contributed by atoms with van der Waals surface area (Å²) in [5.41, 5.74) is 2.73. The summed E-state index contributed by atoms with van der Waals surface area (Å²) in [5, 5.41) is 7.57. The van der Waals surface area contributed by atoms with E-state index in [1.807, 2.05) is 24.3 Å². The van der Waals surface area contributed by atoms with Crippen molar-refractivity contribution in [3.8, 4) is 0 Å². The molecule has 0 unspecified atom stereocenters. The summed E-state index contributed by atoms with van der Waals surface area (Å²) in [6.07, 6.45) is 1.73. The van der Waals surface area contributed by atoms with Crippen LogP contribution in [0.1, 0.15) is 21.8 Å². The van der Waals surface area contributed by atoms with E-state index in [1.165, 1.54) is 0 Å². The zero-order valence-corrected chi connectivity index (χ0v) is 11.2. The lowest BCUT2D eigenvalue weighted by molar-refractivity contribution is 0.102. The molecule has 1 N–H and O–H groups in total. The first-order valence-corrected chi connectivity index (χ1v) is 6.24. The number of nitrogens with one attached hydrogen (secondary N) is 1. The van der Waals surface area contributed by atoms with E-state index in [4.69, 9.17) is 4.52 Å². The predicted molar refractivity (Wildman–Crippen MR) is 75.7 cm³/mol. The van der Waals surface area contributed by atoms with Gasteiger partial charge in [0.1, 0.15) is 11.4 Å². The Kier molecular flexibility index (Phi) is 2.95. The third-order valence-corrected chi connectivity index (χ3v) is 3.14. The van der Waals surface area contributed by atoms with E-state index >= 15 is 0 Å². The molecule has 2 heterocycles. The molecule has 5 heteroatoms. The van der Waals surface area contributed by atoms with Crippen LogP contribution in [-0.2, 0) is 0 Å². The number of carbonyl (C=O) groups is 1. The van der Waals surface area contributed by atoms with E-state index in [0.717, 1.165) is 10.9 Å². The Labute approximate surface area is 115 Å². The van der Waals surface area contributed by atoms with Crippen molar-refractivity contribution in [3.05, 3.63) is 53.5 Å². The molecule has 0 radical (unpaired) electrons. The number of nitrogens with zero attached hydrogens (tertiary/aromatic N) is 2. The van der Waals surface area contributed by atoms with E-state index in [1.54, 1.807) is 26.1 Å². The molecule has 0 bridgehead atoms. The highest BCUT2D eigenvalue weighted by molar-refractivity contribution is 6.06. The van der Waals surface area contributed by atoms with Crippen molar-refractivity contribution in [2.24, 2.45) is 0 Å². The summed E-state index contributed by atoms with van der Waals surface area (Å²) in [7, 11) is 0. The monoisotopic (exact) mass is 267 g/mol. The van der Waals surface area contributed by atoms with Gasteiger partial charge in [-0.1, -0.05) is 11.2 Å². The van der Waals surface area contributed by atoms with E-state index in [2.05, 4.69) is 15.5 Å². The number of carbonyl (C=O) groups excluding carboxylic acids is 1. The van der Waals surface area contributed by atoms with Crippen molar-refractivity contribution < 1.29 is 9.32 Å². The standard InChI is InChI=1S/C15H13N3O2/c1-9-14(10(2)20-18-9)17-15(19)12-5-6-13-11(8-12)4-3-7-16-13/h3-8H,1-2H3,(H,17,19). The van der Waals surface area contributed by atoms with Crippen LogP contribution in [0.5, 0.6) is 0 Å². The minimum Gasteiger partial charge on any atom is -0.359 e. The topological polar surface area (TPSA) is 68.0 Å². The maximum atomic E-state index is 12.3. The number of pyridine rings is 1. The SMILES string of the molecule is Cc1noc(C)c1NC(=O)c1ccc2ncccc2c1. The first-order valence-electron chi connectivity index (χ1n) is 6.24. The first-order chi connectivity index (χ1) is 9.65. The minimum absolute atomic E-state index is 0.190. The second kappa shape index (κ2) is 4.77.